The number of pyridine rings is 1. The zero-order chi connectivity index (χ0) is 46.8. The molecule has 0 radical (unpaired) electrons. The molecule has 19 heteroatoms. The molecule has 14 nitrogen and oxygen atoms in total. The molecule has 2 aliphatic carbocycles. The number of benzene rings is 2. The number of aromatic nitrogens is 2. The van der Waals surface area contributed by atoms with Gasteiger partial charge in [-0.15, -0.1) is 11.3 Å². The van der Waals surface area contributed by atoms with Crippen LogP contribution in [0.15, 0.2) is 41.8 Å². The number of nitrogens with zero attached hydrogens (tertiary/aromatic N) is 3. The first-order valence-corrected chi connectivity index (χ1v) is 25.8. The van der Waals surface area contributed by atoms with Gasteiger partial charge in [0, 0.05) is 47.9 Å². The van der Waals surface area contributed by atoms with Crippen molar-refractivity contribution < 1.29 is 56.3 Å². The topological polar surface area (TPSA) is 176 Å². The highest BCUT2D eigenvalue weighted by Crippen LogP contribution is 2.75. The van der Waals surface area contributed by atoms with E-state index in [0.717, 1.165) is 37.8 Å². The molecule has 4 aromatic rings. The Hall–Kier alpha value is -4.25. The summed E-state index contributed by atoms with van der Waals surface area (Å²) in [5.74, 6) is -4.25. The van der Waals surface area contributed by atoms with Crippen LogP contribution in [-0.4, -0.2) is 107 Å². The molecule has 2 N–H and O–H groups in total. The predicted molar refractivity (Wildman–Crippen MR) is 245 cm³/mol. The SMILES string of the molecule is COc1ccc2c(O[C@@H]3C[C@H]4C(=O)C[C@]5(P(=O)(O)Cc6c(F)cccc6F)C[C@H]5CCCOCCOC[C@H](CC(=O)OC5CCCC5)C(=O)N4C3)cc(-c3csc(NC(C)C)n3)nc2c1Cl. The molecule has 8 rings (SSSR count). The lowest BCUT2D eigenvalue weighted by atomic mass is 9.99. The van der Waals surface area contributed by atoms with Crippen molar-refractivity contribution >= 4 is 64.0 Å². The summed E-state index contributed by atoms with van der Waals surface area (Å²) >= 11 is 8.28. The van der Waals surface area contributed by atoms with Crippen molar-refractivity contribution in [3.05, 3.63) is 64.0 Å². The molecule has 66 heavy (non-hydrogen) atoms. The number of nitrogens with one attached hydrogen (secondary N) is 1. The lowest BCUT2D eigenvalue weighted by Crippen LogP contribution is -2.46. The summed E-state index contributed by atoms with van der Waals surface area (Å²) in [5, 5.41) is 5.12. The highest BCUT2D eigenvalue weighted by molar-refractivity contribution is 7.59. The standard InChI is InChI=1S/C47H56ClF2N4O10PS/c1-27(2)51-46-53-37(26-66-46)36-20-41(32-13-14-40(60-3)43(48)44(32)52-36)63-31-19-38-39(55)22-47(65(58,59)25-33-34(49)11-6-12-35(33)50)21-29(47)8-7-15-61-16-17-62-24-28(45(57)54(38)23-31)18-42(56)64-30-9-4-5-10-30/h6,11-14,20,26-31,38H,4-5,7-10,15-19,21-25H2,1-3H3,(H,51,53)(H,58,59)/t28-,29+,31+,38-,47+/m0/s1. The van der Waals surface area contributed by atoms with E-state index in [1.54, 1.807) is 18.2 Å². The van der Waals surface area contributed by atoms with Gasteiger partial charge in [0.1, 0.15) is 46.1 Å². The summed E-state index contributed by atoms with van der Waals surface area (Å²) in [6, 6.07) is 7.40. The van der Waals surface area contributed by atoms with Gasteiger partial charge in [-0.2, -0.15) is 0 Å². The van der Waals surface area contributed by atoms with Gasteiger partial charge < -0.3 is 38.8 Å². The first kappa shape index (κ1) is 48.2. The molecule has 0 spiro atoms. The fourth-order valence-electron chi connectivity index (χ4n) is 9.66. The van der Waals surface area contributed by atoms with E-state index in [0.29, 0.717) is 58.4 Å². The van der Waals surface area contributed by atoms with Crippen molar-refractivity contribution in [2.75, 3.05) is 45.4 Å². The van der Waals surface area contributed by atoms with Crippen LogP contribution in [0.5, 0.6) is 11.5 Å². The van der Waals surface area contributed by atoms with Crippen molar-refractivity contribution in [2.45, 2.75) is 114 Å². The second kappa shape index (κ2) is 20.5. The second-order valence-corrected chi connectivity index (χ2v) is 22.0. The van der Waals surface area contributed by atoms with E-state index in [1.807, 2.05) is 19.2 Å². The Morgan fingerprint density at radius 1 is 1.03 bits per heavy atom. The molecule has 2 aromatic carbocycles. The number of ketones is 1. The molecule has 2 saturated heterocycles. The average Bonchev–Trinajstić information content (AvgIpc) is 3.69. The first-order valence-electron chi connectivity index (χ1n) is 22.7. The van der Waals surface area contributed by atoms with Crippen molar-refractivity contribution in [1.82, 2.24) is 14.9 Å². The van der Waals surface area contributed by atoms with Crippen molar-refractivity contribution in [3.8, 4) is 22.9 Å². The van der Waals surface area contributed by atoms with Crippen molar-refractivity contribution in [2.24, 2.45) is 11.8 Å². The lowest BCUT2D eigenvalue weighted by Gasteiger charge is -2.30. The Morgan fingerprint density at radius 2 is 1.79 bits per heavy atom. The zero-order valence-electron chi connectivity index (χ0n) is 37.3. The fourth-order valence-corrected chi connectivity index (χ4v) is 13.5. The van der Waals surface area contributed by atoms with Crippen LogP contribution in [0.3, 0.4) is 0 Å². The summed E-state index contributed by atoms with van der Waals surface area (Å²) < 4.78 is 74.4. The molecular formula is C47H56ClF2N4O10PS. The van der Waals surface area contributed by atoms with Gasteiger partial charge in [-0.25, -0.2) is 18.7 Å². The number of carbonyl (C=O) groups excluding carboxylic acids is 3. The maximum atomic E-state index is 15.0. The van der Waals surface area contributed by atoms with Crippen LogP contribution in [0.2, 0.25) is 5.02 Å². The summed E-state index contributed by atoms with van der Waals surface area (Å²) in [4.78, 5) is 66.2. The van der Waals surface area contributed by atoms with Crippen LogP contribution in [-0.2, 0) is 39.3 Å². The molecular weight excluding hydrogens is 917 g/mol. The zero-order valence-corrected chi connectivity index (χ0v) is 39.7. The normalized spacial score (nSPS) is 25.4. The number of halogens is 3. The molecule has 6 atom stereocenters. The molecule has 2 saturated carbocycles. The number of fused-ring (bicyclic) bond motifs is 3. The Labute approximate surface area is 391 Å². The van der Waals surface area contributed by atoms with E-state index in [9.17, 15) is 23.8 Å². The smallest absolute Gasteiger partial charge is 0.306 e. The highest BCUT2D eigenvalue weighted by atomic mass is 35.5. The van der Waals surface area contributed by atoms with Gasteiger partial charge in [-0.05, 0) is 89.0 Å². The molecule has 2 aliphatic heterocycles. The summed E-state index contributed by atoms with van der Waals surface area (Å²) in [6.45, 7) is 4.38. The maximum absolute atomic E-state index is 15.0. The Bertz CT molecular complexity index is 2470. The number of hydrogen-bond donors (Lipinski definition) is 2. The van der Waals surface area contributed by atoms with Gasteiger partial charge >= 0.3 is 5.97 Å². The minimum Gasteiger partial charge on any atom is -0.495 e. The second-order valence-electron chi connectivity index (χ2n) is 18.1. The molecule has 1 amide bonds. The third-order valence-corrected chi connectivity index (χ3v) is 17.1. The van der Waals surface area contributed by atoms with E-state index in [4.69, 9.17) is 45.3 Å². The third kappa shape index (κ3) is 10.6. The van der Waals surface area contributed by atoms with Gasteiger partial charge in [0.2, 0.25) is 13.3 Å². The molecule has 4 heterocycles. The monoisotopic (exact) mass is 972 g/mol. The minimum atomic E-state index is -4.50. The predicted octanol–water partition coefficient (Wildman–Crippen LogP) is 8.97. The fraction of sp³-hybridized carbons (Fsp3) is 0.553. The lowest BCUT2D eigenvalue weighted by molar-refractivity contribution is -0.155. The van der Waals surface area contributed by atoms with E-state index in [2.05, 4.69) is 5.32 Å². The quantitative estimate of drug-likeness (QED) is 0.102. The number of hydrogen-bond acceptors (Lipinski definition) is 13. The van der Waals surface area contributed by atoms with Crippen LogP contribution in [0, 0.1) is 23.5 Å². The number of amides is 1. The number of esters is 1. The molecule has 4 aliphatic rings. The van der Waals surface area contributed by atoms with Gasteiger partial charge in [-0.3, -0.25) is 18.9 Å². The van der Waals surface area contributed by atoms with E-state index < -0.39 is 83.9 Å². The third-order valence-electron chi connectivity index (χ3n) is 13.2. The summed E-state index contributed by atoms with van der Waals surface area (Å²) in [7, 11) is -3.01. The molecule has 0 bridgehead atoms. The van der Waals surface area contributed by atoms with Crippen LogP contribution >= 0.6 is 30.3 Å². The van der Waals surface area contributed by atoms with Crippen LogP contribution in [0.4, 0.5) is 13.9 Å². The number of Topliss-reactive ketones (excluding diaryl/α,β-unsaturated/α-hetero) is 1. The largest absolute Gasteiger partial charge is 0.495 e. The van der Waals surface area contributed by atoms with Gasteiger partial charge in [0.05, 0.1) is 74.4 Å². The van der Waals surface area contributed by atoms with Crippen molar-refractivity contribution in [3.63, 3.8) is 0 Å². The number of ether oxygens (including phenoxy) is 5. The average molecular weight is 973 g/mol. The van der Waals surface area contributed by atoms with E-state index in [1.165, 1.54) is 29.4 Å². The molecule has 4 fully saturated rings. The first-order chi connectivity index (χ1) is 31.7. The number of thiazole rings is 1. The Morgan fingerprint density at radius 3 is 2.53 bits per heavy atom. The molecule has 356 valence electrons. The number of methoxy groups -OCH3 is 1. The number of carbonyl (C=O) groups is 3. The minimum absolute atomic E-state index is 0.0148. The van der Waals surface area contributed by atoms with E-state index >= 15 is 8.78 Å². The summed E-state index contributed by atoms with van der Waals surface area (Å²) in [5.41, 5.74) is 0.862. The molecule has 2 aromatic heterocycles. The Balaban J connectivity index is 1.15. The van der Waals surface area contributed by atoms with Gasteiger partial charge in [0.25, 0.3) is 0 Å². The summed E-state index contributed by atoms with van der Waals surface area (Å²) in [6.07, 6.45) is 1.87. The highest BCUT2D eigenvalue weighted by Gasteiger charge is 2.66. The van der Waals surface area contributed by atoms with Gasteiger partial charge in [-0.1, -0.05) is 17.7 Å². The van der Waals surface area contributed by atoms with E-state index in [-0.39, 0.29) is 62.8 Å². The molecule has 1 unspecified atom stereocenters. The Kier molecular flexibility index (Phi) is 15.0. The van der Waals surface area contributed by atoms with Crippen LogP contribution in [0.1, 0.15) is 83.6 Å². The maximum Gasteiger partial charge on any atom is 0.306 e. The number of rotatable bonds is 12. The van der Waals surface area contributed by atoms with Crippen molar-refractivity contribution in [1.29, 1.82) is 0 Å². The van der Waals surface area contributed by atoms with Crippen LogP contribution in [0.25, 0.3) is 22.3 Å². The van der Waals surface area contributed by atoms with Crippen LogP contribution < -0.4 is 14.8 Å². The number of anilines is 1. The van der Waals surface area contributed by atoms with Gasteiger partial charge in [0.15, 0.2) is 10.9 Å².